The molecule has 2 aromatic rings. The largest absolute Gasteiger partial charge is 0.399 e. The van der Waals surface area contributed by atoms with Gasteiger partial charge in [-0.25, -0.2) is 0 Å². The summed E-state index contributed by atoms with van der Waals surface area (Å²) in [5.41, 5.74) is 7.77. The highest BCUT2D eigenvalue weighted by molar-refractivity contribution is 9.10. The third kappa shape index (κ3) is 3.29. The van der Waals surface area contributed by atoms with Crippen LogP contribution in [0.5, 0.6) is 0 Å². The Morgan fingerprint density at radius 2 is 1.81 bits per heavy atom. The molecule has 1 nitrogen and oxygen atoms in total. The van der Waals surface area contributed by atoms with E-state index in [2.05, 4.69) is 46.3 Å². The van der Waals surface area contributed by atoms with Crippen LogP contribution in [0.1, 0.15) is 5.56 Å². The molecule has 2 rings (SSSR count). The number of benzene rings is 2. The van der Waals surface area contributed by atoms with Crippen LogP contribution in [0.2, 0.25) is 0 Å². The van der Waals surface area contributed by atoms with Crippen LogP contribution < -0.4 is 5.73 Å². The Bertz CT molecular complexity index is 468. The summed E-state index contributed by atoms with van der Waals surface area (Å²) < 4.78 is 1.13. The SMILES string of the molecule is Nc1ccc(SCc2cccc(Br)c2)cc1. The second-order valence-corrected chi connectivity index (χ2v) is 5.45. The van der Waals surface area contributed by atoms with Gasteiger partial charge in [-0.05, 0) is 42.0 Å². The number of hydrogen-bond donors (Lipinski definition) is 1. The molecule has 0 heterocycles. The van der Waals surface area contributed by atoms with Crippen molar-refractivity contribution in [3.05, 3.63) is 58.6 Å². The van der Waals surface area contributed by atoms with Gasteiger partial charge < -0.3 is 5.73 Å². The van der Waals surface area contributed by atoms with Gasteiger partial charge in [0.1, 0.15) is 0 Å². The minimum atomic E-state index is 0.812. The average molecular weight is 294 g/mol. The lowest BCUT2D eigenvalue weighted by molar-refractivity contribution is 1.37. The fourth-order valence-electron chi connectivity index (χ4n) is 1.36. The number of anilines is 1. The maximum atomic E-state index is 5.64. The molecule has 0 atom stereocenters. The molecule has 0 radical (unpaired) electrons. The zero-order valence-electron chi connectivity index (χ0n) is 8.69. The molecule has 0 saturated carbocycles. The summed E-state index contributed by atoms with van der Waals surface area (Å²) in [5.74, 6) is 0.976. The van der Waals surface area contributed by atoms with Gasteiger partial charge in [-0.1, -0.05) is 28.1 Å². The Balaban J connectivity index is 1.99. The van der Waals surface area contributed by atoms with Crippen molar-refractivity contribution < 1.29 is 0 Å². The first-order valence-electron chi connectivity index (χ1n) is 4.97. The molecule has 0 fully saturated rings. The number of nitrogen functional groups attached to an aromatic ring is 1. The van der Waals surface area contributed by atoms with Crippen LogP contribution in [-0.4, -0.2) is 0 Å². The minimum absolute atomic E-state index is 0.812. The smallest absolute Gasteiger partial charge is 0.0314 e. The third-order valence-electron chi connectivity index (χ3n) is 2.17. The van der Waals surface area contributed by atoms with E-state index in [0.717, 1.165) is 15.9 Å². The Kier molecular flexibility index (Phi) is 3.91. The normalized spacial score (nSPS) is 10.3. The Labute approximate surface area is 108 Å². The molecular formula is C13H12BrNS. The molecule has 2 aromatic carbocycles. The summed E-state index contributed by atoms with van der Waals surface area (Å²) in [6.45, 7) is 0. The highest BCUT2D eigenvalue weighted by atomic mass is 79.9. The van der Waals surface area contributed by atoms with Crippen LogP contribution in [-0.2, 0) is 5.75 Å². The van der Waals surface area contributed by atoms with E-state index in [9.17, 15) is 0 Å². The molecule has 0 aliphatic carbocycles. The van der Waals surface area contributed by atoms with E-state index in [1.54, 1.807) is 0 Å². The van der Waals surface area contributed by atoms with Crippen molar-refractivity contribution in [3.8, 4) is 0 Å². The van der Waals surface area contributed by atoms with Crippen LogP contribution >= 0.6 is 27.7 Å². The van der Waals surface area contributed by atoms with Gasteiger partial charge in [0.25, 0.3) is 0 Å². The predicted octanol–water partition coefficient (Wildman–Crippen LogP) is 4.32. The fourth-order valence-corrected chi connectivity index (χ4v) is 2.65. The maximum Gasteiger partial charge on any atom is 0.0314 e. The van der Waals surface area contributed by atoms with E-state index in [1.165, 1.54) is 10.5 Å². The molecule has 0 saturated heterocycles. The number of halogens is 1. The molecule has 0 bridgehead atoms. The molecule has 0 spiro atoms. The number of rotatable bonds is 3. The summed E-state index contributed by atoms with van der Waals surface area (Å²) in [5, 5.41) is 0. The number of nitrogens with two attached hydrogens (primary N) is 1. The summed E-state index contributed by atoms with van der Waals surface area (Å²) in [6, 6.07) is 16.3. The second kappa shape index (κ2) is 5.41. The summed E-state index contributed by atoms with van der Waals surface area (Å²) in [7, 11) is 0. The predicted molar refractivity (Wildman–Crippen MR) is 74.6 cm³/mol. The number of thioether (sulfide) groups is 1. The minimum Gasteiger partial charge on any atom is -0.399 e. The van der Waals surface area contributed by atoms with E-state index in [-0.39, 0.29) is 0 Å². The molecule has 0 aliphatic rings. The van der Waals surface area contributed by atoms with Crippen molar-refractivity contribution in [2.24, 2.45) is 0 Å². The summed E-state index contributed by atoms with van der Waals surface area (Å²) in [4.78, 5) is 1.24. The van der Waals surface area contributed by atoms with Crippen LogP contribution in [0.3, 0.4) is 0 Å². The molecule has 0 amide bonds. The quantitative estimate of drug-likeness (QED) is 0.674. The third-order valence-corrected chi connectivity index (χ3v) is 3.75. The highest BCUT2D eigenvalue weighted by Crippen LogP contribution is 2.24. The van der Waals surface area contributed by atoms with E-state index in [4.69, 9.17) is 5.73 Å². The molecule has 0 aromatic heterocycles. The van der Waals surface area contributed by atoms with Crippen LogP contribution in [0.25, 0.3) is 0 Å². The standard InChI is InChI=1S/C13H12BrNS/c14-11-3-1-2-10(8-11)9-16-13-6-4-12(15)5-7-13/h1-8H,9,15H2. The van der Waals surface area contributed by atoms with Gasteiger partial charge in [0.15, 0.2) is 0 Å². The van der Waals surface area contributed by atoms with Crippen molar-refractivity contribution in [2.75, 3.05) is 5.73 Å². The Hall–Kier alpha value is -0.930. The second-order valence-electron chi connectivity index (χ2n) is 3.49. The molecule has 0 unspecified atom stereocenters. The van der Waals surface area contributed by atoms with Crippen molar-refractivity contribution in [1.82, 2.24) is 0 Å². The molecule has 16 heavy (non-hydrogen) atoms. The molecule has 82 valence electrons. The lowest BCUT2D eigenvalue weighted by Gasteiger charge is -2.03. The van der Waals surface area contributed by atoms with E-state index >= 15 is 0 Å². The lowest BCUT2D eigenvalue weighted by atomic mass is 10.2. The summed E-state index contributed by atoms with van der Waals surface area (Å²) >= 11 is 5.29. The van der Waals surface area contributed by atoms with Gasteiger partial charge in [-0.3, -0.25) is 0 Å². The average Bonchev–Trinajstić information content (AvgIpc) is 2.28. The molecule has 3 heteroatoms. The topological polar surface area (TPSA) is 26.0 Å². The van der Waals surface area contributed by atoms with Gasteiger partial charge in [0.05, 0.1) is 0 Å². The maximum absolute atomic E-state index is 5.64. The molecular weight excluding hydrogens is 282 g/mol. The number of hydrogen-bond acceptors (Lipinski definition) is 2. The van der Waals surface area contributed by atoms with Crippen LogP contribution in [0, 0.1) is 0 Å². The first-order valence-corrected chi connectivity index (χ1v) is 6.75. The van der Waals surface area contributed by atoms with Crippen LogP contribution in [0.4, 0.5) is 5.69 Å². The molecule has 2 N–H and O–H groups in total. The van der Waals surface area contributed by atoms with Crippen molar-refractivity contribution in [1.29, 1.82) is 0 Å². The van der Waals surface area contributed by atoms with Gasteiger partial charge in [0, 0.05) is 20.8 Å². The zero-order chi connectivity index (χ0) is 11.4. The first kappa shape index (κ1) is 11.6. The fraction of sp³-hybridized carbons (Fsp3) is 0.0769. The van der Waals surface area contributed by atoms with Crippen LogP contribution in [0.15, 0.2) is 57.9 Å². The zero-order valence-corrected chi connectivity index (χ0v) is 11.1. The Morgan fingerprint density at radius 1 is 1.06 bits per heavy atom. The van der Waals surface area contributed by atoms with Crippen molar-refractivity contribution in [2.45, 2.75) is 10.6 Å². The highest BCUT2D eigenvalue weighted by Gasteiger charge is 1.97. The first-order chi connectivity index (χ1) is 7.74. The Morgan fingerprint density at radius 3 is 2.50 bits per heavy atom. The van der Waals surface area contributed by atoms with Gasteiger partial charge in [-0.15, -0.1) is 11.8 Å². The van der Waals surface area contributed by atoms with Gasteiger partial charge in [0.2, 0.25) is 0 Å². The molecule has 0 aliphatic heterocycles. The van der Waals surface area contributed by atoms with E-state index in [0.29, 0.717) is 0 Å². The monoisotopic (exact) mass is 293 g/mol. The van der Waals surface area contributed by atoms with E-state index < -0.39 is 0 Å². The van der Waals surface area contributed by atoms with Crippen molar-refractivity contribution in [3.63, 3.8) is 0 Å². The lowest BCUT2D eigenvalue weighted by Crippen LogP contribution is -1.83. The van der Waals surface area contributed by atoms with Crippen molar-refractivity contribution >= 4 is 33.4 Å². The summed E-state index contributed by atoms with van der Waals surface area (Å²) in [6.07, 6.45) is 0. The van der Waals surface area contributed by atoms with E-state index in [1.807, 2.05) is 30.0 Å². The van der Waals surface area contributed by atoms with Gasteiger partial charge in [-0.2, -0.15) is 0 Å². The van der Waals surface area contributed by atoms with Gasteiger partial charge >= 0.3 is 0 Å².